The average Bonchev–Trinajstić information content (AvgIpc) is 2.21. The molecule has 0 heterocycles. The van der Waals surface area contributed by atoms with Gasteiger partial charge in [0.05, 0.1) is 0 Å². The second-order valence-corrected chi connectivity index (χ2v) is 4.27. The molecule has 0 saturated heterocycles. The molecule has 0 aliphatic rings. The smallest absolute Gasteiger partial charge is 0.194 e. The molecule has 0 spiro atoms. The van der Waals surface area contributed by atoms with Crippen LogP contribution in [0.2, 0.25) is 0 Å². The lowest BCUT2D eigenvalue weighted by atomic mass is 9.97. The van der Waals surface area contributed by atoms with Gasteiger partial charge in [-0.05, 0) is 37.1 Å². The minimum Gasteiger partial charge on any atom is -0.313 e. The van der Waals surface area contributed by atoms with Crippen molar-refractivity contribution >= 4 is 0 Å². The van der Waals surface area contributed by atoms with Crippen LogP contribution in [0.1, 0.15) is 31.9 Å². The van der Waals surface area contributed by atoms with Crippen LogP contribution < -0.4 is 5.32 Å². The molecule has 1 aromatic rings. The third-order valence-electron chi connectivity index (χ3n) is 2.46. The molecule has 90 valence electrons. The summed E-state index contributed by atoms with van der Waals surface area (Å²) in [4.78, 5) is 0. The Kier molecular flexibility index (Phi) is 4.35. The van der Waals surface area contributed by atoms with Gasteiger partial charge < -0.3 is 5.32 Å². The van der Waals surface area contributed by atoms with Crippen molar-refractivity contribution in [2.75, 3.05) is 7.05 Å². The maximum atomic E-state index is 13.0. The van der Waals surface area contributed by atoms with Gasteiger partial charge in [0.1, 0.15) is 0 Å². The van der Waals surface area contributed by atoms with Crippen LogP contribution in [0.3, 0.4) is 0 Å². The summed E-state index contributed by atoms with van der Waals surface area (Å²) in [5.74, 6) is -3.31. The zero-order valence-electron chi connectivity index (χ0n) is 9.65. The maximum absolute atomic E-state index is 13.0. The highest BCUT2D eigenvalue weighted by Gasteiger charge is 2.16. The molecular formula is C12H16F3N. The molecule has 0 amide bonds. The fraction of sp³-hybridized carbons (Fsp3) is 0.500. The van der Waals surface area contributed by atoms with Gasteiger partial charge in [-0.15, -0.1) is 0 Å². The zero-order chi connectivity index (χ0) is 12.3. The summed E-state index contributed by atoms with van der Waals surface area (Å²) in [6, 6.07) is 1.92. The fourth-order valence-corrected chi connectivity index (χ4v) is 1.67. The third-order valence-corrected chi connectivity index (χ3v) is 2.46. The largest absolute Gasteiger partial charge is 0.313 e. The first-order valence-corrected chi connectivity index (χ1v) is 5.27. The van der Waals surface area contributed by atoms with Crippen molar-refractivity contribution in [2.24, 2.45) is 5.92 Å². The first kappa shape index (κ1) is 13.0. The molecule has 1 rings (SSSR count). The van der Waals surface area contributed by atoms with Gasteiger partial charge in [-0.3, -0.25) is 0 Å². The molecule has 0 radical (unpaired) electrons. The number of hydrogen-bond donors (Lipinski definition) is 1. The SMILES string of the molecule is CNC(CC(C)C)c1cc(F)c(F)c(F)c1. The zero-order valence-corrected chi connectivity index (χ0v) is 9.65. The number of hydrogen-bond acceptors (Lipinski definition) is 1. The van der Waals surface area contributed by atoms with E-state index in [1.807, 2.05) is 13.8 Å². The van der Waals surface area contributed by atoms with E-state index in [1.165, 1.54) is 0 Å². The molecule has 1 unspecified atom stereocenters. The van der Waals surface area contributed by atoms with Crippen molar-refractivity contribution in [1.82, 2.24) is 5.32 Å². The maximum Gasteiger partial charge on any atom is 0.194 e. The molecule has 0 saturated carbocycles. The Morgan fingerprint density at radius 3 is 2.00 bits per heavy atom. The van der Waals surface area contributed by atoms with E-state index in [0.717, 1.165) is 18.6 Å². The van der Waals surface area contributed by atoms with Crippen molar-refractivity contribution in [3.63, 3.8) is 0 Å². The lowest BCUT2D eigenvalue weighted by Gasteiger charge is -2.19. The Morgan fingerprint density at radius 2 is 1.62 bits per heavy atom. The third kappa shape index (κ3) is 2.98. The van der Waals surface area contributed by atoms with Crippen molar-refractivity contribution in [1.29, 1.82) is 0 Å². The van der Waals surface area contributed by atoms with Gasteiger partial charge in [-0.1, -0.05) is 13.8 Å². The molecule has 1 atom stereocenters. The number of rotatable bonds is 4. The van der Waals surface area contributed by atoms with E-state index < -0.39 is 17.5 Å². The Hall–Kier alpha value is -1.03. The summed E-state index contributed by atoms with van der Waals surface area (Å²) >= 11 is 0. The Balaban J connectivity index is 3.01. The van der Waals surface area contributed by atoms with Gasteiger partial charge in [0.15, 0.2) is 17.5 Å². The summed E-state index contributed by atoms with van der Waals surface area (Å²) < 4.78 is 38.8. The van der Waals surface area contributed by atoms with E-state index in [2.05, 4.69) is 5.32 Å². The average molecular weight is 231 g/mol. The van der Waals surface area contributed by atoms with Crippen molar-refractivity contribution < 1.29 is 13.2 Å². The van der Waals surface area contributed by atoms with Crippen LogP contribution in [0, 0.1) is 23.4 Å². The van der Waals surface area contributed by atoms with Crippen molar-refractivity contribution in [3.8, 4) is 0 Å². The van der Waals surface area contributed by atoms with Crippen LogP contribution >= 0.6 is 0 Å². The molecule has 1 aromatic carbocycles. The predicted molar refractivity (Wildman–Crippen MR) is 57.6 cm³/mol. The highest BCUT2D eigenvalue weighted by molar-refractivity contribution is 5.22. The summed E-state index contributed by atoms with van der Waals surface area (Å²) in [6.07, 6.45) is 0.737. The summed E-state index contributed by atoms with van der Waals surface area (Å²) in [6.45, 7) is 4.03. The molecule has 16 heavy (non-hydrogen) atoms. The first-order valence-electron chi connectivity index (χ1n) is 5.27. The Bertz CT molecular complexity index is 340. The second kappa shape index (κ2) is 5.34. The second-order valence-electron chi connectivity index (χ2n) is 4.27. The van der Waals surface area contributed by atoms with Crippen LogP contribution in [0.25, 0.3) is 0 Å². The minimum atomic E-state index is -1.41. The minimum absolute atomic E-state index is 0.162. The van der Waals surface area contributed by atoms with Crippen LogP contribution in [-0.4, -0.2) is 7.05 Å². The van der Waals surface area contributed by atoms with Gasteiger partial charge in [0.2, 0.25) is 0 Å². The molecule has 0 fully saturated rings. The molecule has 1 nitrogen and oxygen atoms in total. The normalized spacial score (nSPS) is 13.2. The van der Waals surface area contributed by atoms with Crippen LogP contribution in [0.4, 0.5) is 13.2 Å². The van der Waals surface area contributed by atoms with Gasteiger partial charge in [0.25, 0.3) is 0 Å². The predicted octanol–water partition coefficient (Wildman–Crippen LogP) is 3.41. The topological polar surface area (TPSA) is 12.0 Å². The first-order chi connectivity index (χ1) is 7.45. The monoisotopic (exact) mass is 231 g/mol. The summed E-state index contributed by atoms with van der Waals surface area (Å²) in [5, 5.41) is 2.97. The highest BCUT2D eigenvalue weighted by Crippen LogP contribution is 2.24. The lowest BCUT2D eigenvalue weighted by Crippen LogP contribution is -2.19. The van der Waals surface area contributed by atoms with Gasteiger partial charge in [0, 0.05) is 6.04 Å². The number of halogens is 3. The van der Waals surface area contributed by atoms with E-state index in [-0.39, 0.29) is 6.04 Å². The molecule has 4 heteroatoms. The molecule has 0 aromatic heterocycles. The van der Waals surface area contributed by atoms with E-state index in [1.54, 1.807) is 7.05 Å². The summed E-state index contributed by atoms with van der Waals surface area (Å²) in [7, 11) is 1.71. The molecular weight excluding hydrogens is 215 g/mol. The molecule has 0 bridgehead atoms. The Morgan fingerprint density at radius 1 is 1.12 bits per heavy atom. The van der Waals surface area contributed by atoms with Crippen LogP contribution in [0.15, 0.2) is 12.1 Å². The van der Waals surface area contributed by atoms with Crippen molar-refractivity contribution in [2.45, 2.75) is 26.3 Å². The summed E-state index contributed by atoms with van der Waals surface area (Å²) in [5.41, 5.74) is 0.438. The van der Waals surface area contributed by atoms with Crippen molar-refractivity contribution in [3.05, 3.63) is 35.1 Å². The van der Waals surface area contributed by atoms with E-state index in [9.17, 15) is 13.2 Å². The van der Waals surface area contributed by atoms with E-state index in [0.29, 0.717) is 11.5 Å². The van der Waals surface area contributed by atoms with Gasteiger partial charge in [-0.2, -0.15) is 0 Å². The highest BCUT2D eigenvalue weighted by atomic mass is 19.2. The van der Waals surface area contributed by atoms with Crippen LogP contribution in [0.5, 0.6) is 0 Å². The lowest BCUT2D eigenvalue weighted by molar-refractivity contribution is 0.426. The standard InChI is InChI=1S/C12H16F3N/c1-7(2)4-11(16-3)8-5-9(13)12(15)10(14)6-8/h5-7,11,16H,4H2,1-3H3. The Labute approximate surface area is 93.7 Å². The van der Waals surface area contributed by atoms with E-state index >= 15 is 0 Å². The fourth-order valence-electron chi connectivity index (χ4n) is 1.67. The molecule has 1 N–H and O–H groups in total. The number of benzene rings is 1. The quantitative estimate of drug-likeness (QED) is 0.783. The van der Waals surface area contributed by atoms with Gasteiger partial charge >= 0.3 is 0 Å². The number of nitrogens with one attached hydrogen (secondary N) is 1. The van der Waals surface area contributed by atoms with Gasteiger partial charge in [-0.25, -0.2) is 13.2 Å². The van der Waals surface area contributed by atoms with Crippen LogP contribution in [-0.2, 0) is 0 Å². The molecule has 0 aliphatic heterocycles. The van der Waals surface area contributed by atoms with E-state index in [4.69, 9.17) is 0 Å². The molecule has 0 aliphatic carbocycles.